The smallest absolute Gasteiger partial charge is 0.262 e. The molecule has 1 amide bonds. The first-order chi connectivity index (χ1) is 15.1. The molecule has 0 aliphatic heterocycles. The number of aryl methyl sites for hydroxylation is 2. The van der Waals surface area contributed by atoms with Crippen molar-refractivity contribution in [3.63, 3.8) is 0 Å². The Bertz CT molecular complexity index is 1170. The lowest BCUT2D eigenvalue weighted by Gasteiger charge is -2.22. The van der Waals surface area contributed by atoms with Gasteiger partial charge in [0.1, 0.15) is 11.6 Å². The van der Waals surface area contributed by atoms with Crippen LogP contribution < -0.4 is 14.4 Å². The highest BCUT2D eigenvalue weighted by Gasteiger charge is 2.18. The Morgan fingerprint density at radius 1 is 0.969 bits per heavy atom. The molecule has 1 N–H and O–H groups in total. The lowest BCUT2D eigenvalue weighted by molar-refractivity contribution is -0.118. The molecule has 0 unspecified atom stereocenters. The number of rotatable bonds is 8. The van der Waals surface area contributed by atoms with Gasteiger partial charge in [0, 0.05) is 5.69 Å². The van der Waals surface area contributed by atoms with Gasteiger partial charge in [-0.15, -0.1) is 0 Å². The molecular weight excluding hydrogens is 431 g/mol. The summed E-state index contributed by atoms with van der Waals surface area (Å²) in [5.74, 6) is -0.254. The third kappa shape index (κ3) is 6.55. The summed E-state index contributed by atoms with van der Waals surface area (Å²) in [6.45, 7) is 3.79. The summed E-state index contributed by atoms with van der Waals surface area (Å²) in [5, 5.41) is 2.80. The van der Waals surface area contributed by atoms with Crippen molar-refractivity contribution in [1.29, 1.82) is 0 Å². The van der Waals surface area contributed by atoms with Gasteiger partial charge >= 0.3 is 0 Å². The van der Waals surface area contributed by atoms with Crippen LogP contribution in [0.5, 0.6) is 5.75 Å². The fourth-order valence-corrected chi connectivity index (χ4v) is 4.15. The van der Waals surface area contributed by atoms with E-state index in [-0.39, 0.29) is 24.9 Å². The van der Waals surface area contributed by atoms with E-state index in [2.05, 4.69) is 5.32 Å². The van der Waals surface area contributed by atoms with Crippen LogP contribution in [0.3, 0.4) is 0 Å². The second-order valence-electron chi connectivity index (χ2n) is 7.60. The molecule has 0 spiro atoms. The number of carbonyl (C=O) groups excluding carboxylic acids is 1. The van der Waals surface area contributed by atoms with E-state index in [1.165, 1.54) is 16.4 Å². The van der Waals surface area contributed by atoms with Crippen molar-refractivity contribution in [2.45, 2.75) is 20.4 Å². The minimum atomic E-state index is -3.57. The van der Waals surface area contributed by atoms with Crippen molar-refractivity contribution < 1.29 is 22.3 Å². The molecule has 0 aliphatic rings. The summed E-state index contributed by atoms with van der Waals surface area (Å²) in [6.07, 6.45) is 1.11. The van der Waals surface area contributed by atoms with E-state index in [9.17, 15) is 17.6 Å². The van der Waals surface area contributed by atoms with Crippen molar-refractivity contribution >= 4 is 27.3 Å². The van der Waals surface area contributed by atoms with Crippen LogP contribution in [0.1, 0.15) is 16.7 Å². The molecule has 0 aromatic heterocycles. The molecule has 0 bridgehead atoms. The number of sulfonamides is 1. The number of hydrogen-bond donors (Lipinski definition) is 1. The van der Waals surface area contributed by atoms with Gasteiger partial charge < -0.3 is 10.1 Å². The Labute approximate surface area is 187 Å². The topological polar surface area (TPSA) is 75.7 Å². The van der Waals surface area contributed by atoms with Gasteiger partial charge in [0.2, 0.25) is 10.0 Å². The second-order valence-corrected chi connectivity index (χ2v) is 9.51. The van der Waals surface area contributed by atoms with E-state index in [4.69, 9.17) is 4.74 Å². The quantitative estimate of drug-likeness (QED) is 0.544. The average molecular weight is 457 g/mol. The molecule has 0 saturated heterocycles. The van der Waals surface area contributed by atoms with Gasteiger partial charge in [0.15, 0.2) is 6.61 Å². The van der Waals surface area contributed by atoms with Gasteiger partial charge in [-0.05, 0) is 79.1 Å². The summed E-state index contributed by atoms with van der Waals surface area (Å²) >= 11 is 0. The zero-order chi connectivity index (χ0) is 23.3. The summed E-state index contributed by atoms with van der Waals surface area (Å²) in [4.78, 5) is 12.2. The number of anilines is 2. The first kappa shape index (κ1) is 23.3. The highest BCUT2D eigenvalue weighted by molar-refractivity contribution is 7.92. The molecule has 6 nitrogen and oxygen atoms in total. The van der Waals surface area contributed by atoms with Crippen LogP contribution in [0.15, 0.2) is 66.7 Å². The van der Waals surface area contributed by atoms with Crippen LogP contribution in [0.4, 0.5) is 15.8 Å². The fourth-order valence-electron chi connectivity index (χ4n) is 3.26. The number of benzene rings is 3. The highest BCUT2D eigenvalue weighted by atomic mass is 32.2. The van der Waals surface area contributed by atoms with Crippen LogP contribution in [-0.4, -0.2) is 27.2 Å². The van der Waals surface area contributed by atoms with Gasteiger partial charge in [-0.3, -0.25) is 9.10 Å². The average Bonchev–Trinajstić information content (AvgIpc) is 2.71. The van der Waals surface area contributed by atoms with Gasteiger partial charge in [-0.2, -0.15) is 0 Å². The first-order valence-corrected chi connectivity index (χ1v) is 11.8. The fraction of sp³-hybridized carbons (Fsp3) is 0.208. The Morgan fingerprint density at radius 2 is 1.56 bits per heavy atom. The number of carbonyl (C=O) groups is 1. The molecule has 0 fully saturated rings. The number of hydrogen-bond acceptors (Lipinski definition) is 4. The monoisotopic (exact) mass is 456 g/mol. The number of nitrogens with zero attached hydrogens (tertiary/aromatic N) is 1. The number of nitrogens with one attached hydrogen (secondary N) is 1. The lowest BCUT2D eigenvalue weighted by atomic mass is 10.1. The van der Waals surface area contributed by atoms with E-state index in [1.54, 1.807) is 36.4 Å². The maximum atomic E-state index is 13.1. The predicted octanol–water partition coefficient (Wildman–Crippen LogP) is 4.43. The zero-order valence-electron chi connectivity index (χ0n) is 18.1. The van der Waals surface area contributed by atoms with Gasteiger partial charge in [-0.25, -0.2) is 12.8 Å². The Kier molecular flexibility index (Phi) is 7.15. The number of ether oxygens (including phenoxy) is 1. The molecule has 8 heteroatoms. The maximum absolute atomic E-state index is 13.1. The third-order valence-electron chi connectivity index (χ3n) is 4.64. The standard InChI is InChI=1S/C24H25FN2O4S/c1-17-12-18(2)14-21(13-17)26-24(28)16-31-23-10-8-22(9-11-23)27(32(3,29)30)15-19-4-6-20(25)7-5-19/h4-14H,15-16H2,1-3H3,(H,26,28). The molecule has 0 heterocycles. The van der Waals surface area contributed by atoms with Crippen LogP contribution >= 0.6 is 0 Å². The summed E-state index contributed by atoms with van der Waals surface area (Å²) in [7, 11) is -3.57. The minimum Gasteiger partial charge on any atom is -0.484 e. The summed E-state index contributed by atoms with van der Waals surface area (Å²) in [6, 6.07) is 17.8. The Hall–Kier alpha value is -3.39. The highest BCUT2D eigenvalue weighted by Crippen LogP contribution is 2.24. The molecular formula is C24H25FN2O4S. The van der Waals surface area contributed by atoms with Crippen LogP contribution in [0, 0.1) is 19.7 Å². The van der Waals surface area contributed by atoms with Crippen molar-refractivity contribution in [2.24, 2.45) is 0 Å². The molecule has 3 aromatic rings. The van der Waals surface area contributed by atoms with Gasteiger partial charge in [0.25, 0.3) is 5.91 Å². The molecule has 0 aliphatic carbocycles. The van der Waals surface area contributed by atoms with E-state index in [0.29, 0.717) is 22.7 Å². The van der Waals surface area contributed by atoms with Crippen molar-refractivity contribution in [3.05, 3.63) is 89.2 Å². The lowest BCUT2D eigenvalue weighted by Crippen LogP contribution is -2.29. The van der Waals surface area contributed by atoms with E-state index >= 15 is 0 Å². The largest absolute Gasteiger partial charge is 0.484 e. The molecule has 0 saturated carbocycles. The zero-order valence-corrected chi connectivity index (χ0v) is 18.9. The van der Waals surface area contributed by atoms with Crippen LogP contribution in [-0.2, 0) is 21.4 Å². The molecule has 168 valence electrons. The molecule has 0 atom stereocenters. The van der Waals surface area contributed by atoms with Crippen molar-refractivity contribution in [3.8, 4) is 5.75 Å². The molecule has 0 radical (unpaired) electrons. The number of halogens is 1. The van der Waals surface area contributed by atoms with Gasteiger partial charge in [0.05, 0.1) is 18.5 Å². The van der Waals surface area contributed by atoms with Crippen LogP contribution in [0.2, 0.25) is 0 Å². The molecule has 32 heavy (non-hydrogen) atoms. The van der Waals surface area contributed by atoms with Crippen molar-refractivity contribution in [2.75, 3.05) is 22.5 Å². The first-order valence-electron chi connectivity index (χ1n) is 9.93. The van der Waals surface area contributed by atoms with E-state index in [1.807, 2.05) is 32.0 Å². The molecule has 3 aromatic carbocycles. The Morgan fingerprint density at radius 3 is 2.12 bits per heavy atom. The SMILES string of the molecule is Cc1cc(C)cc(NC(=O)COc2ccc(N(Cc3ccc(F)cc3)S(C)(=O)=O)cc2)c1. The van der Waals surface area contributed by atoms with E-state index in [0.717, 1.165) is 17.4 Å². The maximum Gasteiger partial charge on any atom is 0.262 e. The predicted molar refractivity (Wildman–Crippen MR) is 124 cm³/mol. The van der Waals surface area contributed by atoms with E-state index < -0.39 is 10.0 Å². The Balaban J connectivity index is 1.64. The van der Waals surface area contributed by atoms with Crippen LogP contribution in [0.25, 0.3) is 0 Å². The number of amides is 1. The normalized spacial score (nSPS) is 11.1. The third-order valence-corrected chi connectivity index (χ3v) is 5.78. The molecule has 3 rings (SSSR count). The summed E-state index contributed by atoms with van der Waals surface area (Å²) in [5.41, 5.74) is 3.89. The van der Waals surface area contributed by atoms with Gasteiger partial charge in [-0.1, -0.05) is 18.2 Å². The second kappa shape index (κ2) is 9.82. The van der Waals surface area contributed by atoms with Crippen molar-refractivity contribution in [1.82, 2.24) is 0 Å². The summed E-state index contributed by atoms with van der Waals surface area (Å²) < 4.78 is 44.5. The minimum absolute atomic E-state index is 0.0671.